The van der Waals surface area contributed by atoms with Gasteiger partial charge in [0.05, 0.1) is 0 Å². The van der Waals surface area contributed by atoms with Crippen molar-refractivity contribution in [2.24, 2.45) is 0 Å². The van der Waals surface area contributed by atoms with E-state index in [1.807, 2.05) is 0 Å². The first kappa shape index (κ1) is 29.4. The third kappa shape index (κ3) is 5.03. The molecule has 6 aromatic rings. The Morgan fingerprint density at radius 3 is 1.30 bits per heavy atom. The SMILES string of the molecule is Cc1ccc(C2=Cc3c(-c4ccccc4)cccc3[CH]2[Zr]([CH]2C(c3ccc(C)o3)=Cc3c(-c4ccccc4)cccc32)=[Si](C)C)o1. The second-order valence-corrected chi connectivity index (χ2v) is 30.6. The van der Waals surface area contributed by atoms with Crippen LogP contribution in [0.4, 0.5) is 0 Å². The number of fused-ring (bicyclic) bond motifs is 2. The summed E-state index contributed by atoms with van der Waals surface area (Å²) < 4.78 is 13.7. The summed E-state index contributed by atoms with van der Waals surface area (Å²) >= 11 is -2.55. The van der Waals surface area contributed by atoms with Gasteiger partial charge in [0.1, 0.15) is 0 Å². The fraction of sp³-hybridized carbons (Fsp3) is 0.143. The summed E-state index contributed by atoms with van der Waals surface area (Å²) in [5.74, 6) is 3.97. The molecule has 2 unspecified atom stereocenters. The molecule has 0 fully saturated rings. The molecule has 46 heavy (non-hydrogen) atoms. The molecule has 0 bridgehead atoms. The summed E-state index contributed by atoms with van der Waals surface area (Å²) in [4.78, 5) is 0. The number of hydrogen-bond acceptors (Lipinski definition) is 2. The normalized spacial score (nSPS) is 16.5. The van der Waals surface area contributed by atoms with Crippen LogP contribution in [0.1, 0.15) is 52.5 Å². The molecular formula is C42H36O2SiZr. The van der Waals surface area contributed by atoms with Gasteiger partial charge in [-0.1, -0.05) is 0 Å². The Labute approximate surface area is 279 Å². The molecule has 4 aromatic carbocycles. The second kappa shape index (κ2) is 12.0. The van der Waals surface area contributed by atoms with Crippen molar-refractivity contribution in [2.45, 2.75) is 34.2 Å². The van der Waals surface area contributed by atoms with Crippen molar-refractivity contribution >= 4 is 28.7 Å². The minimum absolute atomic E-state index is 0.367. The number of hydrogen-bond donors (Lipinski definition) is 0. The van der Waals surface area contributed by atoms with E-state index in [1.165, 1.54) is 55.7 Å². The minimum atomic E-state index is -2.55. The van der Waals surface area contributed by atoms with Gasteiger partial charge in [0, 0.05) is 0 Å². The van der Waals surface area contributed by atoms with Gasteiger partial charge in [0.25, 0.3) is 0 Å². The fourth-order valence-corrected chi connectivity index (χ4v) is 27.4. The Balaban J connectivity index is 1.38. The summed E-state index contributed by atoms with van der Waals surface area (Å²) in [6.45, 7) is 9.27. The van der Waals surface area contributed by atoms with Crippen molar-refractivity contribution < 1.29 is 29.2 Å². The van der Waals surface area contributed by atoms with E-state index in [0.717, 1.165) is 23.0 Å². The van der Waals surface area contributed by atoms with Crippen molar-refractivity contribution in [2.75, 3.05) is 0 Å². The molecule has 0 radical (unpaired) electrons. The van der Waals surface area contributed by atoms with Crippen LogP contribution in [0.25, 0.3) is 45.6 Å². The van der Waals surface area contributed by atoms with E-state index in [9.17, 15) is 0 Å². The third-order valence-electron chi connectivity index (χ3n) is 9.54. The summed E-state index contributed by atoms with van der Waals surface area (Å²) in [7, 11) is 0. The molecule has 2 aliphatic rings. The standard InChI is InChI=1S/2C20H15O.C2H6Si.Zr/c2*1-14-10-11-20(21-14)17-12-16-8-5-9-18(19(16)13-17)15-6-3-2-4-7-15;1-3-2;/h2*2-13H,1H3;1-2H3;. The van der Waals surface area contributed by atoms with E-state index >= 15 is 0 Å². The summed E-state index contributed by atoms with van der Waals surface area (Å²) in [6.07, 6.45) is 4.95. The molecule has 8 rings (SSSR count). The molecule has 0 amide bonds. The van der Waals surface area contributed by atoms with E-state index in [1.54, 1.807) is 0 Å². The topological polar surface area (TPSA) is 26.3 Å². The second-order valence-electron chi connectivity index (χ2n) is 12.7. The van der Waals surface area contributed by atoms with Crippen LogP contribution in [0.5, 0.6) is 0 Å². The van der Waals surface area contributed by atoms with Crippen LogP contribution in [0.15, 0.2) is 130 Å². The van der Waals surface area contributed by atoms with Crippen LogP contribution in [0, 0.1) is 13.8 Å². The molecule has 2 heterocycles. The number of aryl methyl sites for hydroxylation is 2. The van der Waals surface area contributed by atoms with Gasteiger partial charge in [0.2, 0.25) is 0 Å². The molecule has 4 heteroatoms. The molecule has 2 atom stereocenters. The van der Waals surface area contributed by atoms with Gasteiger partial charge in [-0.15, -0.1) is 0 Å². The van der Waals surface area contributed by atoms with E-state index in [0.29, 0.717) is 7.25 Å². The van der Waals surface area contributed by atoms with Crippen molar-refractivity contribution in [1.82, 2.24) is 0 Å². The Bertz CT molecular complexity index is 2040. The van der Waals surface area contributed by atoms with Gasteiger partial charge in [-0.05, 0) is 0 Å². The Morgan fingerprint density at radius 2 is 0.935 bits per heavy atom. The van der Waals surface area contributed by atoms with Crippen molar-refractivity contribution in [1.29, 1.82) is 0 Å². The molecule has 2 nitrogen and oxygen atoms in total. The first-order valence-electron chi connectivity index (χ1n) is 16.1. The van der Waals surface area contributed by atoms with Gasteiger partial charge < -0.3 is 0 Å². The quantitative estimate of drug-likeness (QED) is 0.163. The summed E-state index contributed by atoms with van der Waals surface area (Å²) in [6, 6.07) is 44.3. The van der Waals surface area contributed by atoms with E-state index < -0.39 is 25.8 Å². The first-order chi connectivity index (χ1) is 22.5. The molecular weight excluding hydrogens is 656 g/mol. The van der Waals surface area contributed by atoms with Crippen molar-refractivity contribution in [3.63, 3.8) is 0 Å². The molecule has 0 saturated heterocycles. The first-order valence-corrected chi connectivity index (χ1v) is 25.1. The molecule has 224 valence electrons. The number of allylic oxidation sites excluding steroid dienone is 2. The van der Waals surface area contributed by atoms with Crippen LogP contribution >= 0.6 is 0 Å². The maximum absolute atomic E-state index is 6.47. The molecule has 0 N–H and O–H groups in total. The van der Waals surface area contributed by atoms with Crippen LogP contribution in [-0.4, -0.2) is 5.43 Å². The third-order valence-corrected chi connectivity index (χ3v) is 28.7. The molecule has 0 saturated carbocycles. The number of benzene rings is 4. The average molecular weight is 692 g/mol. The Morgan fingerprint density at radius 1 is 0.500 bits per heavy atom. The van der Waals surface area contributed by atoms with E-state index in [4.69, 9.17) is 8.83 Å². The Kier molecular flexibility index (Phi) is 7.67. The number of rotatable bonds is 6. The van der Waals surface area contributed by atoms with Crippen molar-refractivity contribution in [3.8, 4) is 22.3 Å². The number of furan rings is 2. The van der Waals surface area contributed by atoms with Crippen LogP contribution in [-0.2, 0) is 20.4 Å². The molecule has 2 aromatic heterocycles. The van der Waals surface area contributed by atoms with Crippen LogP contribution < -0.4 is 0 Å². The summed E-state index contributed by atoms with van der Waals surface area (Å²) in [5.41, 5.74) is 12.9. The molecule has 0 spiro atoms. The average Bonchev–Trinajstić information content (AvgIpc) is 3.87. The van der Waals surface area contributed by atoms with Crippen molar-refractivity contribution in [3.05, 3.63) is 167 Å². The van der Waals surface area contributed by atoms with Gasteiger partial charge in [0.15, 0.2) is 0 Å². The van der Waals surface area contributed by atoms with Gasteiger partial charge in [-0.2, -0.15) is 0 Å². The molecule has 0 aliphatic heterocycles. The van der Waals surface area contributed by atoms with E-state index in [-0.39, 0.29) is 0 Å². The zero-order chi connectivity index (χ0) is 31.4. The summed E-state index contributed by atoms with van der Waals surface area (Å²) in [5, 5.41) is 0. The van der Waals surface area contributed by atoms with Gasteiger partial charge >= 0.3 is 281 Å². The van der Waals surface area contributed by atoms with Gasteiger partial charge in [-0.3, -0.25) is 0 Å². The predicted octanol–water partition coefficient (Wildman–Crippen LogP) is 11.6. The fourth-order valence-electron chi connectivity index (χ4n) is 7.56. The van der Waals surface area contributed by atoms with E-state index in [2.05, 4.69) is 160 Å². The molecule has 2 aliphatic carbocycles. The zero-order valence-corrected chi connectivity index (χ0v) is 30.1. The monoisotopic (exact) mass is 690 g/mol. The Hall–Kier alpha value is -3.98. The zero-order valence-electron chi connectivity index (χ0n) is 26.7. The van der Waals surface area contributed by atoms with Crippen LogP contribution in [0.3, 0.4) is 0 Å². The predicted molar refractivity (Wildman–Crippen MR) is 189 cm³/mol. The maximum atomic E-state index is 6.47. The van der Waals surface area contributed by atoms with Crippen LogP contribution in [0.2, 0.25) is 13.1 Å². The van der Waals surface area contributed by atoms with Gasteiger partial charge in [-0.25, -0.2) is 0 Å².